The van der Waals surface area contributed by atoms with Crippen molar-refractivity contribution < 1.29 is 4.79 Å². The molecule has 1 heterocycles. The number of fused-ring (bicyclic) bond motifs is 1. The molecule has 0 bridgehead atoms. The van der Waals surface area contributed by atoms with E-state index in [2.05, 4.69) is 18.3 Å². The molecule has 2 atom stereocenters. The van der Waals surface area contributed by atoms with Crippen LogP contribution in [0.2, 0.25) is 10.0 Å². The number of halogens is 2. The number of para-hydroxylation sites is 1. The molecule has 0 radical (unpaired) electrons. The van der Waals surface area contributed by atoms with Gasteiger partial charge in [0.15, 0.2) is 0 Å². The van der Waals surface area contributed by atoms with Crippen LogP contribution in [0, 0.1) is 0 Å². The number of anilines is 2. The molecule has 0 spiro atoms. The number of carbonyl (C=O) groups is 1. The zero-order chi connectivity index (χ0) is 16.6. The Hall–Kier alpha value is -1.71. The molecule has 1 aliphatic rings. The molecular formula is C18H18Cl2N2O. The Morgan fingerprint density at radius 2 is 1.83 bits per heavy atom. The van der Waals surface area contributed by atoms with Gasteiger partial charge in [-0.3, -0.25) is 4.79 Å². The molecule has 0 fully saturated rings. The summed E-state index contributed by atoms with van der Waals surface area (Å²) in [6, 6.07) is 13.7. The molecule has 0 aromatic heterocycles. The first-order valence-electron chi connectivity index (χ1n) is 7.57. The van der Waals surface area contributed by atoms with Crippen LogP contribution in [0.25, 0.3) is 0 Å². The summed E-state index contributed by atoms with van der Waals surface area (Å²) in [5.74, 6) is 0.0641. The molecule has 3 nitrogen and oxygen atoms in total. The second kappa shape index (κ2) is 6.42. The molecule has 1 amide bonds. The second-order valence-electron chi connectivity index (χ2n) is 5.89. The Kier molecular flexibility index (Phi) is 4.51. The van der Waals surface area contributed by atoms with Crippen molar-refractivity contribution in [3.05, 3.63) is 58.1 Å². The van der Waals surface area contributed by atoms with Gasteiger partial charge in [-0.2, -0.15) is 0 Å². The minimum absolute atomic E-state index is 0.0641. The molecule has 3 rings (SSSR count). The lowest BCUT2D eigenvalue weighted by Gasteiger charge is -2.39. The summed E-state index contributed by atoms with van der Waals surface area (Å²) in [5.41, 5.74) is 2.95. The van der Waals surface area contributed by atoms with Crippen LogP contribution in [0.5, 0.6) is 0 Å². The minimum Gasteiger partial charge on any atom is -0.378 e. The van der Waals surface area contributed by atoms with Crippen molar-refractivity contribution in [2.45, 2.75) is 32.4 Å². The summed E-state index contributed by atoms with van der Waals surface area (Å²) >= 11 is 12.2. The van der Waals surface area contributed by atoms with E-state index in [1.807, 2.05) is 35.2 Å². The van der Waals surface area contributed by atoms with Gasteiger partial charge in [-0.05, 0) is 43.2 Å². The van der Waals surface area contributed by atoms with E-state index in [-0.39, 0.29) is 18.0 Å². The lowest BCUT2D eigenvalue weighted by molar-refractivity contribution is -0.117. The molecule has 1 aliphatic heterocycles. The number of carbonyl (C=O) groups excluding carboxylic acids is 1. The Morgan fingerprint density at radius 3 is 2.48 bits per heavy atom. The van der Waals surface area contributed by atoms with E-state index >= 15 is 0 Å². The minimum atomic E-state index is 0.0641. The van der Waals surface area contributed by atoms with Crippen LogP contribution in [0.1, 0.15) is 31.9 Å². The van der Waals surface area contributed by atoms with Gasteiger partial charge in [-0.15, -0.1) is 0 Å². The van der Waals surface area contributed by atoms with E-state index in [4.69, 9.17) is 23.2 Å². The third kappa shape index (κ3) is 3.31. The fourth-order valence-electron chi connectivity index (χ4n) is 3.27. The van der Waals surface area contributed by atoms with E-state index in [9.17, 15) is 4.79 Å². The lowest BCUT2D eigenvalue weighted by Crippen LogP contribution is -2.43. The molecule has 0 saturated carbocycles. The van der Waals surface area contributed by atoms with E-state index in [1.165, 1.54) is 0 Å². The fraction of sp³-hybridized carbons (Fsp3) is 0.278. The van der Waals surface area contributed by atoms with Crippen molar-refractivity contribution in [3.63, 3.8) is 0 Å². The number of benzene rings is 2. The predicted molar refractivity (Wildman–Crippen MR) is 96.5 cm³/mol. The number of rotatable bonds is 2. The second-order valence-corrected chi connectivity index (χ2v) is 6.76. The molecular weight excluding hydrogens is 331 g/mol. The van der Waals surface area contributed by atoms with Gasteiger partial charge in [-0.25, -0.2) is 0 Å². The summed E-state index contributed by atoms with van der Waals surface area (Å²) in [4.78, 5) is 13.9. The van der Waals surface area contributed by atoms with E-state index in [0.29, 0.717) is 10.0 Å². The molecule has 1 N–H and O–H groups in total. The number of amides is 1. The van der Waals surface area contributed by atoms with Gasteiger partial charge in [0, 0.05) is 34.4 Å². The first-order valence-corrected chi connectivity index (χ1v) is 8.32. The predicted octanol–water partition coefficient (Wildman–Crippen LogP) is 5.29. The van der Waals surface area contributed by atoms with Crippen molar-refractivity contribution in [1.29, 1.82) is 0 Å². The quantitative estimate of drug-likeness (QED) is 0.799. The van der Waals surface area contributed by atoms with Gasteiger partial charge >= 0.3 is 0 Å². The molecule has 5 heteroatoms. The zero-order valence-corrected chi connectivity index (χ0v) is 14.5. The van der Waals surface area contributed by atoms with Crippen LogP contribution in [-0.2, 0) is 4.79 Å². The van der Waals surface area contributed by atoms with Crippen molar-refractivity contribution >= 4 is 40.5 Å². The van der Waals surface area contributed by atoms with E-state index in [1.54, 1.807) is 13.0 Å². The lowest BCUT2D eigenvalue weighted by atomic mass is 9.91. The van der Waals surface area contributed by atoms with Crippen LogP contribution in [0.4, 0.5) is 11.4 Å². The summed E-state index contributed by atoms with van der Waals surface area (Å²) < 4.78 is 0. The summed E-state index contributed by atoms with van der Waals surface area (Å²) in [6.07, 6.45) is 0.820. The topological polar surface area (TPSA) is 32.3 Å². The van der Waals surface area contributed by atoms with Crippen LogP contribution < -0.4 is 10.2 Å². The van der Waals surface area contributed by atoms with Crippen molar-refractivity contribution in [3.8, 4) is 0 Å². The van der Waals surface area contributed by atoms with Crippen molar-refractivity contribution in [1.82, 2.24) is 0 Å². The van der Waals surface area contributed by atoms with Gasteiger partial charge in [-0.1, -0.05) is 41.4 Å². The van der Waals surface area contributed by atoms with Gasteiger partial charge in [0.25, 0.3) is 0 Å². The normalized spacial score (nSPS) is 20.1. The molecule has 0 unspecified atom stereocenters. The highest BCUT2D eigenvalue weighted by Crippen LogP contribution is 2.39. The monoisotopic (exact) mass is 348 g/mol. The maximum absolute atomic E-state index is 12.0. The van der Waals surface area contributed by atoms with Gasteiger partial charge in [0.05, 0.1) is 6.04 Å². The highest BCUT2D eigenvalue weighted by Gasteiger charge is 2.32. The average molecular weight is 349 g/mol. The summed E-state index contributed by atoms with van der Waals surface area (Å²) in [7, 11) is 0. The molecule has 120 valence electrons. The van der Waals surface area contributed by atoms with Gasteiger partial charge < -0.3 is 10.2 Å². The third-order valence-corrected chi connectivity index (χ3v) is 4.57. The molecule has 0 aliphatic carbocycles. The Labute approximate surface area is 146 Å². The highest BCUT2D eigenvalue weighted by molar-refractivity contribution is 6.35. The maximum Gasteiger partial charge on any atom is 0.224 e. The first kappa shape index (κ1) is 16.2. The summed E-state index contributed by atoms with van der Waals surface area (Å²) in [5, 5.41) is 4.70. The van der Waals surface area contributed by atoms with Crippen molar-refractivity contribution in [2.24, 2.45) is 0 Å². The molecule has 2 aromatic rings. The largest absolute Gasteiger partial charge is 0.378 e. The SMILES string of the molecule is CC(=O)N1c2ccccc2[C@H](Nc2cc(Cl)cc(Cl)c2)C[C@@H]1C. The first-order chi connectivity index (χ1) is 11.0. The zero-order valence-electron chi connectivity index (χ0n) is 13.0. The molecule has 2 aromatic carbocycles. The average Bonchev–Trinajstić information content (AvgIpc) is 2.45. The van der Waals surface area contributed by atoms with Gasteiger partial charge in [0.2, 0.25) is 5.91 Å². The maximum atomic E-state index is 12.0. The molecule has 0 saturated heterocycles. The summed E-state index contributed by atoms with van der Waals surface area (Å²) in [6.45, 7) is 3.68. The third-order valence-electron chi connectivity index (χ3n) is 4.13. The Balaban J connectivity index is 1.97. The molecule has 23 heavy (non-hydrogen) atoms. The number of nitrogens with one attached hydrogen (secondary N) is 1. The van der Waals surface area contributed by atoms with Crippen LogP contribution in [0.15, 0.2) is 42.5 Å². The van der Waals surface area contributed by atoms with E-state index < -0.39 is 0 Å². The Bertz CT molecular complexity index is 727. The van der Waals surface area contributed by atoms with Crippen molar-refractivity contribution in [2.75, 3.05) is 10.2 Å². The van der Waals surface area contributed by atoms with Gasteiger partial charge in [0.1, 0.15) is 0 Å². The number of nitrogens with zero attached hydrogens (tertiary/aromatic N) is 1. The van der Waals surface area contributed by atoms with Crippen LogP contribution in [0.3, 0.4) is 0 Å². The van der Waals surface area contributed by atoms with Crippen LogP contribution in [-0.4, -0.2) is 11.9 Å². The highest BCUT2D eigenvalue weighted by atomic mass is 35.5. The van der Waals surface area contributed by atoms with Crippen LogP contribution >= 0.6 is 23.2 Å². The standard InChI is InChI=1S/C18H18Cl2N2O/c1-11-7-17(21-15-9-13(19)8-14(20)10-15)16-5-3-4-6-18(16)22(11)12(2)23/h3-6,8-11,17,21H,7H2,1-2H3/t11-,17+/m0/s1. The number of hydrogen-bond donors (Lipinski definition) is 1. The smallest absolute Gasteiger partial charge is 0.224 e. The fourth-order valence-corrected chi connectivity index (χ4v) is 3.79. The number of hydrogen-bond acceptors (Lipinski definition) is 2. The van der Waals surface area contributed by atoms with E-state index in [0.717, 1.165) is 23.4 Å². The Morgan fingerprint density at radius 1 is 1.17 bits per heavy atom.